The Morgan fingerprint density at radius 3 is 2.32 bits per heavy atom. The van der Waals surface area contributed by atoms with Crippen LogP contribution in [0.25, 0.3) is 0 Å². The number of nitrogens with zero attached hydrogens (tertiary/aromatic N) is 2. The van der Waals surface area contributed by atoms with Gasteiger partial charge >= 0.3 is 11.9 Å². The van der Waals surface area contributed by atoms with Gasteiger partial charge in [0.05, 0.1) is 6.61 Å². The zero-order chi connectivity index (χ0) is 23.1. The molecule has 3 N–H and O–H groups in total. The Labute approximate surface area is 170 Å². The molecule has 170 valence electrons. The Hall–Kier alpha value is -2.61. The minimum atomic E-state index is -5.19. The molecule has 0 aliphatic carbocycles. The maximum Gasteiger partial charge on any atom is 0.423 e. The van der Waals surface area contributed by atoms with Gasteiger partial charge in [-0.15, -0.1) is 0 Å². The van der Waals surface area contributed by atoms with Crippen molar-refractivity contribution in [3.05, 3.63) is 68.0 Å². The molecule has 1 aromatic carbocycles. The van der Waals surface area contributed by atoms with Crippen LogP contribution in [0.3, 0.4) is 0 Å². The van der Waals surface area contributed by atoms with Crippen LogP contribution in [0.5, 0.6) is 0 Å². The lowest BCUT2D eigenvalue weighted by Crippen LogP contribution is -2.46. The molecule has 4 unspecified atom stereocenters. The second kappa shape index (κ2) is 8.49. The molecule has 1 saturated heterocycles. The highest BCUT2D eigenvalue weighted by atomic mass is 19.4. The Bertz CT molecular complexity index is 1080. The van der Waals surface area contributed by atoms with E-state index in [2.05, 4.69) is 0 Å². The first kappa shape index (κ1) is 23.1. The van der Waals surface area contributed by atoms with E-state index in [9.17, 15) is 41.8 Å². The van der Waals surface area contributed by atoms with Crippen LogP contribution in [0.15, 0.2) is 34.0 Å². The van der Waals surface area contributed by atoms with E-state index in [0.717, 1.165) is 12.1 Å². The van der Waals surface area contributed by atoms with Crippen molar-refractivity contribution < 1.29 is 42.0 Å². The van der Waals surface area contributed by atoms with Crippen LogP contribution in [-0.2, 0) is 23.9 Å². The van der Waals surface area contributed by atoms with Crippen LogP contribution in [0.2, 0.25) is 0 Å². The number of rotatable bonds is 5. The first-order valence-electron chi connectivity index (χ1n) is 8.95. The van der Waals surface area contributed by atoms with Gasteiger partial charge in [-0.1, -0.05) is 6.07 Å². The monoisotopic (exact) mass is 452 g/mol. The van der Waals surface area contributed by atoms with E-state index < -0.39 is 78.7 Å². The van der Waals surface area contributed by atoms with Gasteiger partial charge in [-0.25, -0.2) is 13.6 Å². The van der Waals surface area contributed by atoms with Crippen molar-refractivity contribution in [2.45, 2.75) is 43.7 Å². The third kappa shape index (κ3) is 4.39. The summed E-state index contributed by atoms with van der Waals surface area (Å²) in [7, 11) is 0. The van der Waals surface area contributed by atoms with E-state index in [1.165, 1.54) is 0 Å². The van der Waals surface area contributed by atoms with E-state index in [1.807, 2.05) is 0 Å². The molecule has 0 spiro atoms. The highest BCUT2D eigenvalue weighted by molar-refractivity contribution is 5.19. The molecular formula is C18H17F5N2O6. The van der Waals surface area contributed by atoms with Crippen molar-refractivity contribution >= 4 is 0 Å². The van der Waals surface area contributed by atoms with Gasteiger partial charge in [0.2, 0.25) is 0 Å². The fourth-order valence-electron chi connectivity index (χ4n) is 3.26. The molecule has 1 aliphatic rings. The number of ether oxygens (including phenoxy) is 1. The molecular weight excluding hydrogens is 435 g/mol. The molecule has 0 saturated carbocycles. The van der Waals surface area contributed by atoms with Gasteiger partial charge < -0.3 is 20.1 Å². The third-order valence-electron chi connectivity index (χ3n) is 4.91. The lowest BCUT2D eigenvalue weighted by molar-refractivity contribution is -0.140. The number of benzene rings is 1. The number of aromatic nitrogens is 2. The molecule has 13 heteroatoms. The molecule has 4 atom stereocenters. The maximum atomic E-state index is 13.8. The highest BCUT2D eigenvalue weighted by Crippen LogP contribution is 2.30. The first-order chi connectivity index (χ1) is 14.5. The fraction of sp³-hybridized carbons (Fsp3) is 0.444. The van der Waals surface area contributed by atoms with Gasteiger partial charge in [-0.2, -0.15) is 13.2 Å². The lowest BCUT2D eigenvalue weighted by atomic mass is 10.1. The van der Waals surface area contributed by atoms with E-state index >= 15 is 0 Å². The predicted molar refractivity (Wildman–Crippen MR) is 93.0 cm³/mol. The Morgan fingerprint density at radius 1 is 1.10 bits per heavy atom. The second-order valence-electron chi connectivity index (χ2n) is 6.90. The SMILES string of the molecule is O=c1c(C(F)(F)F)cn(C2OC(CO)C(O)C2O)c(=O)n1CCc1ccc(F)cc1F. The van der Waals surface area contributed by atoms with Gasteiger partial charge in [-0.3, -0.25) is 13.9 Å². The van der Waals surface area contributed by atoms with Gasteiger partial charge in [0, 0.05) is 18.8 Å². The Morgan fingerprint density at radius 2 is 1.77 bits per heavy atom. The first-order valence-corrected chi connectivity index (χ1v) is 8.95. The van der Waals surface area contributed by atoms with E-state index in [-0.39, 0.29) is 20.9 Å². The van der Waals surface area contributed by atoms with Crippen LogP contribution in [0, 0.1) is 11.6 Å². The van der Waals surface area contributed by atoms with Crippen molar-refractivity contribution in [3.8, 4) is 0 Å². The summed E-state index contributed by atoms with van der Waals surface area (Å²) in [5.74, 6) is -1.90. The van der Waals surface area contributed by atoms with E-state index in [0.29, 0.717) is 6.07 Å². The molecule has 3 rings (SSSR count). The molecule has 2 aromatic rings. The van der Waals surface area contributed by atoms with Gasteiger partial charge in [0.15, 0.2) is 6.23 Å². The van der Waals surface area contributed by atoms with Crippen LogP contribution < -0.4 is 11.2 Å². The third-order valence-corrected chi connectivity index (χ3v) is 4.91. The number of halogens is 5. The zero-order valence-electron chi connectivity index (χ0n) is 15.6. The quantitative estimate of drug-likeness (QED) is 0.558. The van der Waals surface area contributed by atoms with Crippen molar-refractivity contribution in [2.24, 2.45) is 0 Å². The van der Waals surface area contributed by atoms with Gasteiger partial charge in [0.25, 0.3) is 5.56 Å². The van der Waals surface area contributed by atoms with E-state index in [1.54, 1.807) is 0 Å². The number of hydrogen-bond donors (Lipinski definition) is 3. The standard InChI is InChI=1S/C18H17F5N2O6/c19-9-2-1-8(11(20)5-9)3-4-24-15(29)10(18(21,22)23)6-25(17(24)30)16-14(28)13(27)12(7-26)31-16/h1-2,5-6,12-14,16,26-28H,3-4,7H2. The van der Waals surface area contributed by atoms with Crippen LogP contribution in [0.4, 0.5) is 22.0 Å². The van der Waals surface area contributed by atoms with Crippen molar-refractivity contribution in [1.29, 1.82) is 0 Å². The minimum Gasteiger partial charge on any atom is -0.394 e. The van der Waals surface area contributed by atoms with Crippen molar-refractivity contribution in [2.75, 3.05) is 6.61 Å². The number of aliphatic hydroxyl groups excluding tert-OH is 3. The number of alkyl halides is 3. The summed E-state index contributed by atoms with van der Waals surface area (Å²) in [4.78, 5) is 25.0. The topological polar surface area (TPSA) is 114 Å². The smallest absolute Gasteiger partial charge is 0.394 e. The maximum absolute atomic E-state index is 13.8. The fourth-order valence-corrected chi connectivity index (χ4v) is 3.26. The second-order valence-corrected chi connectivity index (χ2v) is 6.90. The summed E-state index contributed by atoms with van der Waals surface area (Å²) >= 11 is 0. The molecule has 31 heavy (non-hydrogen) atoms. The van der Waals surface area contributed by atoms with Crippen molar-refractivity contribution in [3.63, 3.8) is 0 Å². The summed E-state index contributed by atoms with van der Waals surface area (Å²) in [6, 6.07) is 2.47. The average Bonchev–Trinajstić information content (AvgIpc) is 2.96. The van der Waals surface area contributed by atoms with Crippen LogP contribution >= 0.6 is 0 Å². The largest absolute Gasteiger partial charge is 0.423 e. The molecule has 1 aliphatic heterocycles. The van der Waals surface area contributed by atoms with Gasteiger partial charge in [0.1, 0.15) is 35.5 Å². The number of aliphatic hydroxyl groups is 3. The molecule has 1 aromatic heterocycles. The molecule has 0 bridgehead atoms. The molecule has 8 nitrogen and oxygen atoms in total. The normalized spacial score (nSPS) is 24.0. The number of aryl methyl sites for hydroxylation is 1. The summed E-state index contributed by atoms with van der Waals surface area (Å²) in [6.07, 6.45) is -12.2. The average molecular weight is 452 g/mol. The van der Waals surface area contributed by atoms with Gasteiger partial charge in [-0.05, 0) is 18.1 Å². The predicted octanol–water partition coefficient (Wildman–Crippen LogP) is 0.161. The number of hydrogen-bond acceptors (Lipinski definition) is 6. The highest BCUT2D eigenvalue weighted by Gasteiger charge is 2.45. The summed E-state index contributed by atoms with van der Waals surface area (Å²) in [5, 5.41) is 29.0. The summed E-state index contributed by atoms with van der Waals surface area (Å²) < 4.78 is 72.6. The zero-order valence-corrected chi connectivity index (χ0v) is 15.6. The lowest BCUT2D eigenvalue weighted by Gasteiger charge is -2.21. The molecule has 0 amide bonds. The molecule has 0 radical (unpaired) electrons. The van der Waals surface area contributed by atoms with Crippen molar-refractivity contribution in [1.82, 2.24) is 9.13 Å². The minimum absolute atomic E-state index is 0.149. The summed E-state index contributed by atoms with van der Waals surface area (Å²) in [6.45, 7) is -1.49. The molecule has 1 fully saturated rings. The Balaban J connectivity index is 2.07. The van der Waals surface area contributed by atoms with Crippen LogP contribution in [0.1, 0.15) is 17.4 Å². The Kier molecular flexibility index (Phi) is 6.32. The van der Waals surface area contributed by atoms with E-state index in [4.69, 9.17) is 9.84 Å². The van der Waals surface area contributed by atoms with Crippen LogP contribution in [-0.4, -0.2) is 49.4 Å². The molecule has 2 heterocycles. The summed E-state index contributed by atoms with van der Waals surface area (Å²) in [5.41, 5.74) is -4.94.